The summed E-state index contributed by atoms with van der Waals surface area (Å²) in [7, 11) is 0. The molecule has 0 atom stereocenters. The van der Waals surface area contributed by atoms with Crippen LogP contribution in [0.5, 0.6) is 0 Å². The molecule has 13 aromatic rings. The molecule has 3 aromatic heterocycles. The molecule has 3 nitrogen and oxygen atoms in total. The smallest absolute Gasteiger partial charge is 0.296 e. The van der Waals surface area contributed by atoms with Crippen LogP contribution in [0.15, 0.2) is 224 Å². The number of hydrogen-bond donors (Lipinski definition) is 0. The van der Waals surface area contributed by atoms with Gasteiger partial charge < -0.3 is 0 Å². The molecular formula is C106H114F4Ir3N3-3. The number of benzene rings is 10. The summed E-state index contributed by atoms with van der Waals surface area (Å²) in [5.74, 6) is 0.469. The molecule has 1 fully saturated rings. The molecule has 1 aliphatic rings. The van der Waals surface area contributed by atoms with Gasteiger partial charge in [0.25, 0.3) is 0 Å². The van der Waals surface area contributed by atoms with Crippen LogP contribution in [-0.4, -0.2) is 15.0 Å². The van der Waals surface area contributed by atoms with E-state index in [4.69, 9.17) is 15.0 Å². The molecule has 3 radical (unpaired) electrons. The molecule has 1 saturated carbocycles. The monoisotopic (exact) mass is 2080 g/mol. The number of halogens is 4. The van der Waals surface area contributed by atoms with E-state index in [0.717, 1.165) is 117 Å². The summed E-state index contributed by atoms with van der Waals surface area (Å²) in [6.45, 7) is 13.1. The average Bonchev–Trinajstić information content (AvgIpc) is 0.774. The van der Waals surface area contributed by atoms with Crippen LogP contribution in [0.4, 0.5) is 17.6 Å². The topological polar surface area (TPSA) is 38.7 Å². The molecule has 0 amide bonds. The van der Waals surface area contributed by atoms with Crippen LogP contribution in [0.2, 0.25) is 0 Å². The number of rotatable bonds is 32. The van der Waals surface area contributed by atoms with Gasteiger partial charge in [0.1, 0.15) is 0 Å². The van der Waals surface area contributed by atoms with Gasteiger partial charge in [0, 0.05) is 66.1 Å². The van der Waals surface area contributed by atoms with Crippen LogP contribution >= 0.6 is 0 Å². The Labute approximate surface area is 730 Å². The predicted octanol–water partition coefficient (Wildman–Crippen LogP) is 31.5. The zero-order valence-electron chi connectivity index (χ0n) is 68.8. The summed E-state index contributed by atoms with van der Waals surface area (Å²) in [6, 6.07) is 86.1. The van der Waals surface area contributed by atoms with E-state index in [9.17, 15) is 17.6 Å². The number of fused-ring (bicyclic) bond motifs is 3. The number of unbranched alkanes of at least 4 members (excludes halogenated alkanes) is 14. The average molecular weight is 2080 g/mol. The molecule has 14 rings (SSSR count). The molecule has 611 valence electrons. The Morgan fingerprint density at radius 2 is 0.784 bits per heavy atom. The van der Waals surface area contributed by atoms with E-state index in [1.807, 2.05) is 67.6 Å². The van der Waals surface area contributed by atoms with Crippen molar-refractivity contribution in [2.45, 2.75) is 240 Å². The Morgan fingerprint density at radius 1 is 0.353 bits per heavy atom. The number of hydrogen-bond acceptors (Lipinski definition) is 3. The maximum absolute atomic E-state index is 14.8. The summed E-state index contributed by atoms with van der Waals surface area (Å²) in [5, 5.41) is 3.38. The third-order valence-electron chi connectivity index (χ3n) is 22.7. The van der Waals surface area contributed by atoms with Gasteiger partial charge in [-0.25, -0.2) is 0 Å². The molecule has 3 heterocycles. The Bertz CT molecular complexity index is 5180. The molecule has 0 bridgehead atoms. The van der Waals surface area contributed by atoms with Crippen molar-refractivity contribution in [3.05, 3.63) is 293 Å². The van der Waals surface area contributed by atoms with E-state index in [2.05, 4.69) is 198 Å². The summed E-state index contributed by atoms with van der Waals surface area (Å²) < 4.78 is 56.7. The third-order valence-corrected chi connectivity index (χ3v) is 22.7. The maximum Gasteiger partial charge on any atom is 0.382 e. The molecule has 0 aliphatic heterocycles. The Balaban J connectivity index is 0.000000197. The van der Waals surface area contributed by atoms with Gasteiger partial charge in [-0.15, -0.1) is 82.9 Å². The summed E-state index contributed by atoms with van der Waals surface area (Å²) in [6.07, 6.45) is 31.2. The van der Waals surface area contributed by atoms with Gasteiger partial charge in [-0.3, -0.25) is 19.3 Å². The minimum Gasteiger partial charge on any atom is -0.296 e. The number of aromatic nitrogens is 3. The van der Waals surface area contributed by atoms with Crippen molar-refractivity contribution in [2.24, 2.45) is 0 Å². The fourth-order valence-electron chi connectivity index (χ4n) is 16.0. The minimum absolute atomic E-state index is 0. The van der Waals surface area contributed by atoms with E-state index in [0.29, 0.717) is 22.4 Å². The van der Waals surface area contributed by atoms with Crippen LogP contribution in [0.1, 0.15) is 239 Å². The van der Waals surface area contributed by atoms with Crippen LogP contribution in [0.25, 0.3) is 111 Å². The first kappa shape index (κ1) is 92.0. The molecule has 0 N–H and O–H groups in total. The van der Waals surface area contributed by atoms with E-state index >= 15 is 0 Å². The molecule has 1 aliphatic carbocycles. The fourth-order valence-corrected chi connectivity index (χ4v) is 16.0. The van der Waals surface area contributed by atoms with Crippen LogP contribution in [0.3, 0.4) is 0 Å². The Hall–Kier alpha value is -7.90. The normalized spacial score (nSPS) is 12.1. The number of nitrogens with zero attached hydrogens (tertiary/aromatic N) is 3. The van der Waals surface area contributed by atoms with Crippen molar-refractivity contribution in [3.8, 4) is 78.3 Å². The minimum atomic E-state index is -4.47. The SMILES string of the molecule is CCCCCCc1ccc(-c2cc(-c3ccc4cc(CCCCCC)ccc4n3)[c-]cc2F)cc1.CCCCCCc1ccc(-c2cc(-c3nc4ccc(CCCCC)cc4cc3C)[c-]cc2C(F)(F)F)cc1.CCCCCCc1ccc(-c2cc[c-]c(-c3ccc4cc(-c5cccc(C6CCCCC6)c5)ccc4n3)c2)cc1.[Ir].[Ir].[Ir]. The Kier molecular flexibility index (Phi) is 37.3. The van der Waals surface area contributed by atoms with Crippen LogP contribution in [0, 0.1) is 30.9 Å². The second-order valence-electron chi connectivity index (χ2n) is 31.5. The summed E-state index contributed by atoms with van der Waals surface area (Å²) in [5.41, 5.74) is 23.2. The second kappa shape index (κ2) is 47.0. The number of aryl methyl sites for hydroxylation is 6. The van der Waals surface area contributed by atoms with Gasteiger partial charge in [0.05, 0.1) is 16.6 Å². The van der Waals surface area contributed by atoms with E-state index < -0.39 is 11.7 Å². The molecule has 0 unspecified atom stereocenters. The van der Waals surface area contributed by atoms with Gasteiger partial charge in [-0.2, -0.15) is 13.2 Å². The van der Waals surface area contributed by atoms with E-state index in [1.54, 1.807) is 6.07 Å². The molecule has 116 heavy (non-hydrogen) atoms. The first-order chi connectivity index (χ1) is 55.2. The van der Waals surface area contributed by atoms with Gasteiger partial charge in [-0.1, -0.05) is 306 Å². The van der Waals surface area contributed by atoms with Crippen molar-refractivity contribution in [1.29, 1.82) is 0 Å². The van der Waals surface area contributed by atoms with Crippen LogP contribution in [-0.2, 0) is 98.6 Å². The standard InChI is InChI=1S/C39H40N.C34H37F3N.C33H37FN.3Ir/c1-2-3-4-6-11-29-18-20-31(21-19-29)33-15-10-17-36(27-33)38-25-23-37-28-35(22-24-39(37)40-38)34-16-9-14-32(26-34)30-12-7-5-8-13-30;1-4-6-8-10-11-25-13-16-27(17-14-25)30-23-28(18-19-31(30)34(35,36)37)33-24(3)21-29-22-26(12-9-7-5-2)15-20-32(29)38-33;1-3-5-7-9-11-25-13-16-27(17-14-25)30-24-29(18-20-31(30)34)33-22-19-28-23-26(12-10-8-6-4-2)15-21-32(28)35-33;;;/h9-10,14-16,18-28,30H,2-8,11-13H2,1H3;13-17,19-23H,4-12H2,1-3H3;13-17,19-24H,3-12H2,1-2H3;;;/q3*-1;;;. The Morgan fingerprint density at radius 3 is 1.34 bits per heavy atom. The number of alkyl halides is 3. The predicted molar refractivity (Wildman–Crippen MR) is 470 cm³/mol. The maximum atomic E-state index is 14.8. The quantitative estimate of drug-likeness (QED) is 0.0240. The molecular weight excluding hydrogens is 1970 g/mol. The van der Waals surface area contributed by atoms with Crippen molar-refractivity contribution in [2.75, 3.05) is 0 Å². The zero-order chi connectivity index (χ0) is 78.7. The van der Waals surface area contributed by atoms with E-state index in [1.165, 1.54) is 209 Å². The van der Waals surface area contributed by atoms with Gasteiger partial charge in [-0.05, 0) is 226 Å². The third kappa shape index (κ3) is 26.1. The number of pyridine rings is 3. The molecule has 0 spiro atoms. The second-order valence-corrected chi connectivity index (χ2v) is 31.5. The van der Waals surface area contributed by atoms with Crippen molar-refractivity contribution in [3.63, 3.8) is 0 Å². The van der Waals surface area contributed by atoms with Crippen molar-refractivity contribution in [1.82, 2.24) is 15.0 Å². The van der Waals surface area contributed by atoms with Crippen LogP contribution < -0.4 is 0 Å². The van der Waals surface area contributed by atoms with Crippen molar-refractivity contribution >= 4 is 32.7 Å². The van der Waals surface area contributed by atoms with Gasteiger partial charge >= 0.3 is 6.18 Å². The van der Waals surface area contributed by atoms with E-state index in [-0.39, 0.29) is 71.7 Å². The van der Waals surface area contributed by atoms with Gasteiger partial charge in [0.15, 0.2) is 0 Å². The molecule has 0 saturated heterocycles. The van der Waals surface area contributed by atoms with Crippen molar-refractivity contribution < 1.29 is 77.9 Å². The zero-order valence-corrected chi connectivity index (χ0v) is 76.0. The summed E-state index contributed by atoms with van der Waals surface area (Å²) in [4.78, 5) is 14.8. The first-order valence-electron chi connectivity index (χ1n) is 42.7. The fraction of sp³-hybridized carbons (Fsp3) is 0.349. The molecule has 10 aromatic carbocycles. The summed E-state index contributed by atoms with van der Waals surface area (Å²) >= 11 is 0. The molecule has 10 heteroatoms. The first-order valence-corrected chi connectivity index (χ1v) is 42.7. The largest absolute Gasteiger partial charge is 0.382 e. The van der Waals surface area contributed by atoms with Gasteiger partial charge in [0.2, 0.25) is 0 Å².